The van der Waals surface area contributed by atoms with E-state index in [-0.39, 0.29) is 6.04 Å². The molecule has 1 aliphatic carbocycles. The van der Waals surface area contributed by atoms with Gasteiger partial charge in [0.1, 0.15) is 0 Å². The number of hydrogen-bond donors (Lipinski definition) is 1. The number of rotatable bonds is 2. The van der Waals surface area contributed by atoms with Gasteiger partial charge in [-0.2, -0.15) is 13.2 Å². The van der Waals surface area contributed by atoms with E-state index in [1.807, 2.05) is 7.05 Å². The largest absolute Gasteiger partial charge is 0.416 e. The average Bonchev–Trinajstić information content (AvgIpc) is 2.37. The molecule has 1 aromatic rings. The van der Waals surface area contributed by atoms with Gasteiger partial charge in [0, 0.05) is 23.6 Å². The first-order valence-electron chi connectivity index (χ1n) is 6.64. The minimum absolute atomic E-state index is 0.260. The van der Waals surface area contributed by atoms with Gasteiger partial charge in [0.25, 0.3) is 0 Å². The van der Waals surface area contributed by atoms with Gasteiger partial charge in [0.15, 0.2) is 0 Å². The summed E-state index contributed by atoms with van der Waals surface area (Å²) in [7, 11) is 1.93. The second kappa shape index (κ2) is 5.93. The van der Waals surface area contributed by atoms with Crippen LogP contribution in [-0.2, 0) is 6.18 Å². The van der Waals surface area contributed by atoms with Crippen LogP contribution in [0.25, 0.3) is 0 Å². The van der Waals surface area contributed by atoms with Gasteiger partial charge in [-0.25, -0.2) is 0 Å². The van der Waals surface area contributed by atoms with Gasteiger partial charge in [-0.15, -0.1) is 0 Å². The quantitative estimate of drug-likeness (QED) is 0.866. The number of anilines is 1. The van der Waals surface area contributed by atoms with Crippen molar-refractivity contribution >= 4 is 21.6 Å². The first-order chi connectivity index (χ1) is 9.29. The van der Waals surface area contributed by atoms with Gasteiger partial charge >= 0.3 is 6.18 Å². The minimum atomic E-state index is -4.31. The molecule has 2 N–H and O–H groups in total. The van der Waals surface area contributed by atoms with E-state index in [4.69, 9.17) is 5.73 Å². The van der Waals surface area contributed by atoms with Crippen LogP contribution in [-0.4, -0.2) is 19.1 Å². The second-order valence-electron chi connectivity index (χ2n) is 5.34. The lowest BCUT2D eigenvalue weighted by atomic mass is 9.90. The van der Waals surface area contributed by atoms with E-state index in [9.17, 15) is 13.2 Å². The predicted octanol–water partition coefficient (Wildman–Crippen LogP) is 4.17. The smallest absolute Gasteiger partial charge is 0.371 e. The molecule has 1 fully saturated rings. The minimum Gasteiger partial charge on any atom is -0.371 e. The van der Waals surface area contributed by atoms with Crippen molar-refractivity contribution in [3.63, 3.8) is 0 Å². The van der Waals surface area contributed by atoms with Gasteiger partial charge < -0.3 is 10.6 Å². The third-order valence-corrected chi connectivity index (χ3v) is 4.58. The van der Waals surface area contributed by atoms with E-state index in [1.165, 1.54) is 6.07 Å². The molecule has 2 rings (SSSR count). The fourth-order valence-corrected chi connectivity index (χ4v) is 3.31. The van der Waals surface area contributed by atoms with Crippen molar-refractivity contribution in [3.05, 3.63) is 28.2 Å². The number of alkyl halides is 3. The normalized spacial score (nSPS) is 23.7. The summed E-state index contributed by atoms with van der Waals surface area (Å²) < 4.78 is 38.4. The Labute approximate surface area is 125 Å². The van der Waals surface area contributed by atoms with Crippen LogP contribution in [0.15, 0.2) is 22.7 Å². The highest BCUT2D eigenvalue weighted by Crippen LogP contribution is 2.36. The zero-order valence-corrected chi connectivity index (χ0v) is 12.8. The summed E-state index contributed by atoms with van der Waals surface area (Å²) in [5, 5.41) is 0. The molecule has 0 amide bonds. The highest BCUT2D eigenvalue weighted by Gasteiger charge is 2.31. The summed E-state index contributed by atoms with van der Waals surface area (Å²) in [4.78, 5) is 2.05. The average molecular weight is 351 g/mol. The molecule has 0 heterocycles. The Kier molecular flexibility index (Phi) is 4.64. The van der Waals surface area contributed by atoms with Crippen LogP contribution in [0.1, 0.15) is 31.2 Å². The summed E-state index contributed by atoms with van der Waals surface area (Å²) in [5.41, 5.74) is 6.04. The lowest BCUT2D eigenvalue weighted by Crippen LogP contribution is -2.38. The van der Waals surface area contributed by atoms with Crippen LogP contribution in [0.3, 0.4) is 0 Å². The van der Waals surface area contributed by atoms with Crippen molar-refractivity contribution in [3.8, 4) is 0 Å². The Morgan fingerprint density at radius 1 is 1.20 bits per heavy atom. The van der Waals surface area contributed by atoms with Crippen molar-refractivity contribution in [1.82, 2.24) is 0 Å². The lowest BCUT2D eigenvalue weighted by Gasteiger charge is -2.35. The Bertz CT molecular complexity index is 468. The van der Waals surface area contributed by atoms with Gasteiger partial charge in [0.2, 0.25) is 0 Å². The highest BCUT2D eigenvalue weighted by molar-refractivity contribution is 9.10. The van der Waals surface area contributed by atoms with Crippen molar-refractivity contribution in [2.45, 2.75) is 43.9 Å². The summed E-state index contributed by atoms with van der Waals surface area (Å²) in [6.07, 6.45) is -0.423. The maximum Gasteiger partial charge on any atom is 0.416 e. The predicted molar refractivity (Wildman–Crippen MR) is 77.8 cm³/mol. The molecule has 0 aliphatic heterocycles. The first-order valence-corrected chi connectivity index (χ1v) is 7.43. The molecule has 0 saturated heterocycles. The van der Waals surface area contributed by atoms with Crippen LogP contribution in [0.4, 0.5) is 18.9 Å². The lowest BCUT2D eigenvalue weighted by molar-refractivity contribution is -0.137. The molecule has 112 valence electrons. The van der Waals surface area contributed by atoms with Crippen LogP contribution >= 0.6 is 15.9 Å². The number of nitrogens with two attached hydrogens (primary N) is 1. The molecule has 0 unspecified atom stereocenters. The van der Waals surface area contributed by atoms with E-state index in [1.54, 1.807) is 0 Å². The SMILES string of the molecule is CN(c1ccc(C(F)(F)F)cc1Br)C1CCC(N)CC1. The Morgan fingerprint density at radius 2 is 1.80 bits per heavy atom. The van der Waals surface area contributed by atoms with Crippen LogP contribution in [0, 0.1) is 0 Å². The zero-order chi connectivity index (χ0) is 14.9. The van der Waals surface area contributed by atoms with Crippen LogP contribution in [0.5, 0.6) is 0 Å². The molecule has 0 atom stereocenters. The number of benzene rings is 1. The summed E-state index contributed by atoms with van der Waals surface area (Å²) in [5.74, 6) is 0. The molecule has 0 spiro atoms. The van der Waals surface area contributed by atoms with Crippen molar-refractivity contribution in [1.29, 1.82) is 0 Å². The third kappa shape index (κ3) is 3.47. The molecular formula is C14H18BrF3N2. The number of nitrogens with zero attached hydrogens (tertiary/aromatic N) is 1. The fraction of sp³-hybridized carbons (Fsp3) is 0.571. The fourth-order valence-electron chi connectivity index (χ4n) is 2.65. The maximum absolute atomic E-state index is 12.7. The van der Waals surface area contributed by atoms with E-state index in [2.05, 4.69) is 20.8 Å². The molecule has 1 aliphatic rings. The van der Waals surface area contributed by atoms with Crippen molar-refractivity contribution < 1.29 is 13.2 Å². The van der Waals surface area contributed by atoms with Crippen LogP contribution < -0.4 is 10.6 Å². The van der Waals surface area contributed by atoms with Crippen molar-refractivity contribution in [2.75, 3.05) is 11.9 Å². The van der Waals surface area contributed by atoms with Gasteiger partial charge in [-0.05, 0) is 59.8 Å². The molecule has 6 heteroatoms. The monoisotopic (exact) mass is 350 g/mol. The molecule has 20 heavy (non-hydrogen) atoms. The Hall–Kier alpha value is -0.750. The highest BCUT2D eigenvalue weighted by atomic mass is 79.9. The maximum atomic E-state index is 12.7. The summed E-state index contributed by atoms with van der Waals surface area (Å²) in [6.45, 7) is 0. The molecule has 1 saturated carbocycles. The van der Waals surface area contributed by atoms with E-state index >= 15 is 0 Å². The van der Waals surface area contributed by atoms with Crippen molar-refractivity contribution in [2.24, 2.45) is 5.73 Å². The molecular weight excluding hydrogens is 333 g/mol. The number of hydrogen-bond acceptors (Lipinski definition) is 2. The third-order valence-electron chi connectivity index (χ3n) is 3.94. The molecule has 0 aromatic heterocycles. The zero-order valence-electron chi connectivity index (χ0n) is 11.3. The summed E-state index contributed by atoms with van der Waals surface area (Å²) >= 11 is 3.25. The first kappa shape index (κ1) is 15.6. The Morgan fingerprint density at radius 3 is 2.30 bits per heavy atom. The molecule has 2 nitrogen and oxygen atoms in total. The molecule has 1 aromatic carbocycles. The van der Waals surface area contributed by atoms with Gasteiger partial charge in [0.05, 0.1) is 11.3 Å². The van der Waals surface area contributed by atoms with Gasteiger partial charge in [-0.1, -0.05) is 0 Å². The number of halogens is 4. The topological polar surface area (TPSA) is 29.3 Å². The Balaban J connectivity index is 2.16. The second-order valence-corrected chi connectivity index (χ2v) is 6.20. The van der Waals surface area contributed by atoms with E-state index in [0.29, 0.717) is 10.5 Å². The van der Waals surface area contributed by atoms with E-state index in [0.717, 1.165) is 43.5 Å². The van der Waals surface area contributed by atoms with Gasteiger partial charge in [-0.3, -0.25) is 0 Å². The van der Waals surface area contributed by atoms with Crippen LogP contribution in [0.2, 0.25) is 0 Å². The van der Waals surface area contributed by atoms with E-state index < -0.39 is 11.7 Å². The molecule has 0 bridgehead atoms. The summed E-state index contributed by atoms with van der Waals surface area (Å²) in [6, 6.07) is 4.39. The molecule has 0 radical (unpaired) electrons. The standard InChI is InChI=1S/C14H18BrF3N2/c1-20(11-5-3-10(19)4-6-11)13-7-2-9(8-12(13)15)14(16,17)18/h2,7-8,10-11H,3-6,19H2,1H3.